The van der Waals surface area contributed by atoms with Crippen molar-refractivity contribution < 1.29 is 22.0 Å². The van der Waals surface area contributed by atoms with E-state index in [4.69, 9.17) is 0 Å². The third-order valence-corrected chi connectivity index (χ3v) is 5.78. The number of sulfonamides is 1. The van der Waals surface area contributed by atoms with E-state index in [1.54, 1.807) is 4.90 Å². The van der Waals surface area contributed by atoms with Crippen LogP contribution in [0.5, 0.6) is 0 Å². The predicted molar refractivity (Wildman–Crippen MR) is 103 cm³/mol. The van der Waals surface area contributed by atoms with Gasteiger partial charge >= 0.3 is 0 Å². The molecule has 0 spiro atoms. The molecule has 11 heteroatoms. The highest BCUT2D eigenvalue weighted by atomic mass is 32.2. The van der Waals surface area contributed by atoms with Crippen LogP contribution in [0.2, 0.25) is 0 Å². The van der Waals surface area contributed by atoms with E-state index in [0.717, 1.165) is 6.07 Å². The number of piperazine rings is 1. The fraction of sp³-hybridized carbons (Fsp3) is 0.389. The maximum Gasteiger partial charge on any atom is 0.274 e. The minimum Gasteiger partial charge on any atom is -0.335 e. The number of benzene rings is 1. The molecule has 0 radical (unpaired) electrons. The molecule has 1 aliphatic rings. The molecule has 29 heavy (non-hydrogen) atoms. The monoisotopic (exact) mass is 425 g/mol. The van der Waals surface area contributed by atoms with Gasteiger partial charge in [-0.3, -0.25) is 14.4 Å². The van der Waals surface area contributed by atoms with Crippen LogP contribution in [0.1, 0.15) is 23.0 Å². The summed E-state index contributed by atoms with van der Waals surface area (Å²) in [6.45, 7) is 3.85. The summed E-state index contributed by atoms with van der Waals surface area (Å²) >= 11 is 0. The summed E-state index contributed by atoms with van der Waals surface area (Å²) < 4.78 is 52.0. The summed E-state index contributed by atoms with van der Waals surface area (Å²) in [6.07, 6.45) is 2.44. The Morgan fingerprint density at radius 3 is 2.28 bits per heavy atom. The zero-order valence-corrected chi connectivity index (χ0v) is 16.6. The quantitative estimate of drug-likeness (QED) is 0.753. The van der Waals surface area contributed by atoms with Crippen molar-refractivity contribution in [2.75, 3.05) is 36.7 Å². The van der Waals surface area contributed by atoms with E-state index in [2.05, 4.69) is 14.7 Å². The molecule has 0 bridgehead atoms. The van der Waals surface area contributed by atoms with Crippen molar-refractivity contribution in [3.8, 4) is 0 Å². The van der Waals surface area contributed by atoms with Crippen LogP contribution in [0.3, 0.4) is 0 Å². The average molecular weight is 425 g/mol. The molecule has 2 aromatic rings. The Bertz CT molecular complexity index is 957. The van der Waals surface area contributed by atoms with Crippen molar-refractivity contribution in [3.63, 3.8) is 0 Å². The Morgan fingerprint density at radius 2 is 1.72 bits per heavy atom. The van der Waals surface area contributed by atoms with E-state index in [1.807, 2.05) is 4.90 Å². The summed E-state index contributed by atoms with van der Waals surface area (Å²) in [7, 11) is -3.46. The molecular formula is C18H21F2N5O3S. The first-order valence-corrected chi connectivity index (χ1v) is 10.7. The lowest BCUT2D eigenvalue weighted by Crippen LogP contribution is -2.48. The van der Waals surface area contributed by atoms with Crippen LogP contribution in [0.4, 0.5) is 14.6 Å². The zero-order chi connectivity index (χ0) is 21.0. The number of carbonyl (C=O) groups excluding carboxylic acids is 1. The van der Waals surface area contributed by atoms with Gasteiger partial charge in [0.2, 0.25) is 10.0 Å². The molecule has 1 fully saturated rings. The van der Waals surface area contributed by atoms with Gasteiger partial charge in [-0.1, -0.05) is 0 Å². The summed E-state index contributed by atoms with van der Waals surface area (Å²) in [5, 5.41) is 0. The van der Waals surface area contributed by atoms with E-state index < -0.39 is 21.7 Å². The van der Waals surface area contributed by atoms with Crippen molar-refractivity contribution in [2.45, 2.75) is 13.5 Å². The Labute approximate surface area is 167 Å². The van der Waals surface area contributed by atoms with Crippen molar-refractivity contribution >= 4 is 21.7 Å². The highest BCUT2D eigenvalue weighted by Crippen LogP contribution is 2.14. The predicted octanol–water partition coefficient (Wildman–Crippen LogP) is 1.47. The van der Waals surface area contributed by atoms with Crippen LogP contribution < -0.4 is 4.72 Å². The molecule has 1 amide bonds. The molecule has 8 nitrogen and oxygen atoms in total. The fourth-order valence-corrected chi connectivity index (χ4v) is 3.52. The van der Waals surface area contributed by atoms with E-state index in [9.17, 15) is 22.0 Å². The first-order valence-electron chi connectivity index (χ1n) is 9.05. The maximum absolute atomic E-state index is 13.3. The minimum absolute atomic E-state index is 0.0514. The minimum atomic E-state index is -3.46. The van der Waals surface area contributed by atoms with Crippen LogP contribution in [0.25, 0.3) is 0 Å². The van der Waals surface area contributed by atoms with Gasteiger partial charge in [0.15, 0.2) is 5.82 Å². The number of amides is 1. The molecular weight excluding hydrogens is 404 g/mol. The molecule has 0 unspecified atom stereocenters. The number of hydrogen-bond acceptors (Lipinski definition) is 6. The number of carbonyl (C=O) groups is 1. The van der Waals surface area contributed by atoms with Crippen LogP contribution in [0.15, 0.2) is 30.6 Å². The molecule has 0 atom stereocenters. The van der Waals surface area contributed by atoms with Gasteiger partial charge in [-0.25, -0.2) is 27.2 Å². The maximum atomic E-state index is 13.3. The standard InChI is InChI=1S/C18H21F2N5O3S/c1-2-29(27,28)23-17-11-21-16(10-22-17)18(26)25-5-3-24(4-6-25)12-13-7-14(19)9-15(20)8-13/h7-11H,2-6,12H2,1H3,(H,22,23). The van der Waals surface area contributed by atoms with Crippen LogP contribution in [0, 0.1) is 11.6 Å². The molecule has 1 saturated heterocycles. The zero-order valence-electron chi connectivity index (χ0n) is 15.8. The first kappa shape index (κ1) is 21.1. The topological polar surface area (TPSA) is 95.5 Å². The molecule has 156 valence electrons. The second kappa shape index (κ2) is 8.78. The number of nitrogens with zero attached hydrogens (tertiary/aromatic N) is 4. The molecule has 1 aromatic heterocycles. The first-order chi connectivity index (χ1) is 13.8. The number of aromatic nitrogens is 2. The van der Waals surface area contributed by atoms with Crippen molar-refractivity contribution in [2.24, 2.45) is 0 Å². The average Bonchev–Trinajstić information content (AvgIpc) is 2.67. The fourth-order valence-electron chi connectivity index (χ4n) is 2.95. The molecule has 1 aliphatic heterocycles. The lowest BCUT2D eigenvalue weighted by Gasteiger charge is -2.34. The largest absolute Gasteiger partial charge is 0.335 e. The van der Waals surface area contributed by atoms with Gasteiger partial charge in [0, 0.05) is 38.8 Å². The van der Waals surface area contributed by atoms with Gasteiger partial charge in [-0.15, -0.1) is 0 Å². The van der Waals surface area contributed by atoms with E-state index in [1.165, 1.54) is 31.5 Å². The third-order valence-electron chi connectivity index (χ3n) is 4.50. The number of halogens is 2. The van der Waals surface area contributed by atoms with Gasteiger partial charge < -0.3 is 4.90 Å². The molecule has 1 aromatic carbocycles. The molecule has 0 saturated carbocycles. The number of hydrogen-bond donors (Lipinski definition) is 1. The van der Waals surface area contributed by atoms with E-state index in [-0.39, 0.29) is 23.2 Å². The smallest absolute Gasteiger partial charge is 0.274 e. The highest BCUT2D eigenvalue weighted by molar-refractivity contribution is 7.92. The van der Waals surface area contributed by atoms with Crippen molar-refractivity contribution in [3.05, 3.63) is 53.5 Å². The number of rotatable bonds is 6. The van der Waals surface area contributed by atoms with Crippen molar-refractivity contribution in [1.82, 2.24) is 19.8 Å². The number of nitrogens with one attached hydrogen (secondary N) is 1. The van der Waals surface area contributed by atoms with Crippen molar-refractivity contribution in [1.29, 1.82) is 0 Å². The van der Waals surface area contributed by atoms with Gasteiger partial charge in [0.05, 0.1) is 18.1 Å². The normalized spacial score (nSPS) is 15.3. The van der Waals surface area contributed by atoms with Crippen LogP contribution in [-0.4, -0.2) is 66.0 Å². The highest BCUT2D eigenvalue weighted by Gasteiger charge is 2.23. The van der Waals surface area contributed by atoms with E-state index >= 15 is 0 Å². The van der Waals surface area contributed by atoms with Gasteiger partial charge in [0.1, 0.15) is 17.3 Å². The summed E-state index contributed by atoms with van der Waals surface area (Å²) in [6, 6.07) is 3.43. The van der Waals surface area contributed by atoms with Gasteiger partial charge in [-0.05, 0) is 24.6 Å². The number of anilines is 1. The van der Waals surface area contributed by atoms with Gasteiger partial charge in [-0.2, -0.15) is 0 Å². The second-order valence-electron chi connectivity index (χ2n) is 6.64. The third kappa shape index (κ3) is 5.67. The second-order valence-corrected chi connectivity index (χ2v) is 8.65. The molecule has 2 heterocycles. The van der Waals surface area contributed by atoms with Gasteiger partial charge in [0.25, 0.3) is 5.91 Å². The lowest BCUT2D eigenvalue weighted by atomic mass is 10.2. The Hall–Kier alpha value is -2.66. The van der Waals surface area contributed by atoms with E-state index in [0.29, 0.717) is 38.3 Å². The molecule has 0 aliphatic carbocycles. The Kier molecular flexibility index (Phi) is 6.38. The van der Waals surface area contributed by atoms with Crippen LogP contribution in [-0.2, 0) is 16.6 Å². The summed E-state index contributed by atoms with van der Waals surface area (Å²) in [4.78, 5) is 24.1. The SMILES string of the molecule is CCS(=O)(=O)Nc1cnc(C(=O)N2CCN(Cc3cc(F)cc(F)c3)CC2)cn1. The molecule has 1 N–H and O–H groups in total. The summed E-state index contributed by atoms with van der Waals surface area (Å²) in [5.74, 6) is -1.58. The van der Waals surface area contributed by atoms with Crippen LogP contribution >= 0.6 is 0 Å². The molecule has 3 rings (SSSR count). The summed E-state index contributed by atoms with van der Waals surface area (Å²) in [5.41, 5.74) is 0.656. The Morgan fingerprint density at radius 1 is 1.07 bits per heavy atom. The lowest BCUT2D eigenvalue weighted by molar-refractivity contribution is 0.0622. The Balaban J connectivity index is 1.55.